The molecule has 0 saturated carbocycles. The van der Waals surface area contributed by atoms with Crippen LogP contribution in [0.5, 0.6) is 0 Å². The highest BCUT2D eigenvalue weighted by Crippen LogP contribution is 2.23. The Kier molecular flexibility index (Phi) is 6.87. The van der Waals surface area contributed by atoms with Gasteiger partial charge in [0.1, 0.15) is 5.69 Å². The van der Waals surface area contributed by atoms with Gasteiger partial charge in [0.25, 0.3) is 17.7 Å². The van der Waals surface area contributed by atoms with Gasteiger partial charge in [-0.25, -0.2) is 0 Å². The molecule has 0 saturated heterocycles. The fraction of sp³-hybridized carbons (Fsp3) is 0.107. The van der Waals surface area contributed by atoms with Crippen LogP contribution in [-0.2, 0) is 6.42 Å². The molecule has 3 aromatic carbocycles. The number of thiocarbonyl (C=S) groups is 1. The first kappa shape index (κ1) is 24.1. The van der Waals surface area contributed by atoms with Gasteiger partial charge in [0.05, 0.1) is 17.2 Å². The Morgan fingerprint density at radius 2 is 1.49 bits per heavy atom. The third kappa shape index (κ3) is 5.17. The molecule has 2 heterocycles. The highest BCUT2D eigenvalue weighted by atomic mass is 32.1. The summed E-state index contributed by atoms with van der Waals surface area (Å²) in [6.45, 7) is 0.0991. The third-order valence-electron chi connectivity index (χ3n) is 6.12. The fourth-order valence-electron chi connectivity index (χ4n) is 4.38. The van der Waals surface area contributed by atoms with E-state index in [4.69, 9.17) is 12.2 Å². The van der Waals surface area contributed by atoms with E-state index in [0.29, 0.717) is 17.5 Å². The molecule has 0 fully saturated rings. The Morgan fingerprint density at radius 3 is 2.22 bits per heavy atom. The van der Waals surface area contributed by atoms with Crippen molar-refractivity contribution in [3.8, 4) is 0 Å². The van der Waals surface area contributed by atoms with Crippen molar-refractivity contribution in [2.75, 3.05) is 6.54 Å². The molecule has 0 radical (unpaired) electrons. The number of nitrogens with one attached hydrogen (secondary N) is 3. The van der Waals surface area contributed by atoms with Crippen LogP contribution >= 0.6 is 12.2 Å². The molecule has 8 nitrogen and oxygen atoms in total. The number of pyridine rings is 1. The molecule has 37 heavy (non-hydrogen) atoms. The van der Waals surface area contributed by atoms with Crippen LogP contribution in [0, 0.1) is 0 Å². The van der Waals surface area contributed by atoms with Gasteiger partial charge in [-0.05, 0) is 47.8 Å². The number of hydrazine groups is 1. The topological polar surface area (TPSA) is 103 Å². The third-order valence-corrected chi connectivity index (χ3v) is 6.34. The predicted molar refractivity (Wildman–Crippen MR) is 144 cm³/mol. The molecule has 1 atom stereocenters. The Labute approximate surface area is 218 Å². The molecule has 1 aliphatic rings. The molecular weight excluding hydrogens is 486 g/mol. The molecule has 1 aliphatic heterocycles. The van der Waals surface area contributed by atoms with Crippen molar-refractivity contribution in [2.24, 2.45) is 0 Å². The number of aromatic nitrogens is 1. The monoisotopic (exact) mass is 509 g/mol. The molecule has 5 rings (SSSR count). The first-order valence-electron chi connectivity index (χ1n) is 11.7. The van der Waals surface area contributed by atoms with Crippen molar-refractivity contribution >= 4 is 45.8 Å². The molecule has 0 unspecified atom stereocenters. The number of fused-ring (bicyclic) bond motifs is 2. The highest BCUT2D eigenvalue weighted by Gasteiger charge is 2.36. The van der Waals surface area contributed by atoms with Crippen LogP contribution in [0.4, 0.5) is 0 Å². The zero-order valence-electron chi connectivity index (χ0n) is 19.7. The number of imide groups is 1. The smallest absolute Gasteiger partial charge is 0.288 e. The fourth-order valence-corrected chi connectivity index (χ4v) is 4.60. The maximum Gasteiger partial charge on any atom is 0.288 e. The molecule has 9 heteroatoms. The second-order valence-corrected chi connectivity index (χ2v) is 8.99. The van der Waals surface area contributed by atoms with Crippen LogP contribution in [0.1, 0.15) is 36.8 Å². The lowest BCUT2D eigenvalue weighted by Gasteiger charge is -2.25. The van der Waals surface area contributed by atoms with Crippen LogP contribution < -0.4 is 16.2 Å². The van der Waals surface area contributed by atoms with Gasteiger partial charge in [-0.15, -0.1) is 0 Å². The summed E-state index contributed by atoms with van der Waals surface area (Å²) in [5.74, 6) is -1.12. The number of amides is 3. The van der Waals surface area contributed by atoms with E-state index in [0.717, 1.165) is 16.3 Å². The van der Waals surface area contributed by atoms with E-state index >= 15 is 0 Å². The van der Waals surface area contributed by atoms with Crippen molar-refractivity contribution in [1.29, 1.82) is 0 Å². The molecule has 0 aliphatic carbocycles. The quantitative estimate of drug-likeness (QED) is 0.208. The summed E-state index contributed by atoms with van der Waals surface area (Å²) < 4.78 is 0. The number of carbonyl (C=O) groups is 3. The highest BCUT2D eigenvalue weighted by molar-refractivity contribution is 7.80. The van der Waals surface area contributed by atoms with Crippen molar-refractivity contribution < 1.29 is 14.4 Å². The van der Waals surface area contributed by atoms with Crippen molar-refractivity contribution in [2.45, 2.75) is 12.5 Å². The van der Waals surface area contributed by atoms with Gasteiger partial charge in [0.2, 0.25) is 0 Å². The lowest BCUT2D eigenvalue weighted by molar-refractivity contribution is 0.0641. The lowest BCUT2D eigenvalue weighted by atomic mass is 10.1. The SMILES string of the molecule is O=C(NNC(=S)N[C@H](Cc1ccccc1)CN1C(=O)c2ccccc2C1=O)c1nccc2ccccc12. The van der Waals surface area contributed by atoms with Gasteiger partial charge in [-0.2, -0.15) is 0 Å². The van der Waals surface area contributed by atoms with Gasteiger partial charge in [-0.1, -0.05) is 66.7 Å². The van der Waals surface area contributed by atoms with Crippen LogP contribution in [0.15, 0.2) is 91.1 Å². The minimum atomic E-state index is -0.444. The van der Waals surface area contributed by atoms with Crippen molar-refractivity contribution in [1.82, 2.24) is 26.1 Å². The largest absolute Gasteiger partial charge is 0.356 e. The Bertz CT molecular complexity index is 1470. The van der Waals surface area contributed by atoms with Crippen LogP contribution in [-0.4, -0.2) is 45.3 Å². The van der Waals surface area contributed by atoms with E-state index in [1.807, 2.05) is 60.7 Å². The van der Waals surface area contributed by atoms with E-state index in [2.05, 4.69) is 21.2 Å². The molecule has 3 amide bonds. The van der Waals surface area contributed by atoms with Gasteiger partial charge in [-0.3, -0.25) is 35.1 Å². The maximum atomic E-state index is 12.9. The second-order valence-electron chi connectivity index (χ2n) is 8.59. The number of hydrogen-bond acceptors (Lipinski definition) is 5. The number of rotatable bonds is 6. The van der Waals surface area contributed by atoms with Crippen LogP contribution in [0.3, 0.4) is 0 Å². The maximum absolute atomic E-state index is 12.9. The van der Waals surface area contributed by atoms with E-state index in [9.17, 15) is 14.4 Å². The summed E-state index contributed by atoms with van der Waals surface area (Å²) in [6.07, 6.45) is 2.07. The van der Waals surface area contributed by atoms with Crippen LogP contribution in [0.2, 0.25) is 0 Å². The number of benzene rings is 3. The Balaban J connectivity index is 1.28. The summed E-state index contributed by atoms with van der Waals surface area (Å²) >= 11 is 5.43. The summed E-state index contributed by atoms with van der Waals surface area (Å²) in [5, 5.41) is 4.90. The lowest BCUT2D eigenvalue weighted by Crippen LogP contribution is -2.53. The Hall–Kier alpha value is -4.63. The molecule has 1 aromatic heterocycles. The van der Waals surface area contributed by atoms with E-state index < -0.39 is 11.9 Å². The normalized spacial score (nSPS) is 13.2. The van der Waals surface area contributed by atoms with E-state index in [1.54, 1.807) is 30.5 Å². The summed E-state index contributed by atoms with van der Waals surface area (Å²) in [4.78, 5) is 44.1. The molecule has 0 spiro atoms. The number of carbonyl (C=O) groups excluding carboxylic acids is 3. The first-order valence-corrected chi connectivity index (χ1v) is 12.1. The second kappa shape index (κ2) is 10.5. The summed E-state index contributed by atoms with van der Waals surface area (Å²) in [6, 6.07) is 25.3. The van der Waals surface area contributed by atoms with E-state index in [-0.39, 0.29) is 29.2 Å². The van der Waals surface area contributed by atoms with E-state index in [1.165, 1.54) is 4.90 Å². The first-order chi connectivity index (χ1) is 18.0. The zero-order valence-corrected chi connectivity index (χ0v) is 20.5. The van der Waals surface area contributed by atoms with Gasteiger partial charge < -0.3 is 5.32 Å². The van der Waals surface area contributed by atoms with Gasteiger partial charge in [0, 0.05) is 18.1 Å². The molecular formula is C28H23N5O3S. The predicted octanol–water partition coefficient (Wildman–Crippen LogP) is 3.25. The Morgan fingerprint density at radius 1 is 0.838 bits per heavy atom. The molecule has 3 N–H and O–H groups in total. The molecule has 184 valence electrons. The summed E-state index contributed by atoms with van der Waals surface area (Å²) in [5.41, 5.74) is 7.35. The van der Waals surface area contributed by atoms with Gasteiger partial charge in [0.15, 0.2) is 5.11 Å². The van der Waals surface area contributed by atoms with Crippen molar-refractivity contribution in [3.05, 3.63) is 114 Å². The van der Waals surface area contributed by atoms with Crippen molar-refractivity contribution in [3.63, 3.8) is 0 Å². The molecule has 0 bridgehead atoms. The number of nitrogens with zero attached hydrogens (tertiary/aromatic N) is 2. The standard InChI is InChI=1S/C28H23N5O3S/c34-25(24-21-11-5-4-10-19(21)14-15-29-24)31-32-28(37)30-20(16-18-8-2-1-3-9-18)17-33-26(35)22-12-6-7-13-23(22)27(33)36/h1-15,20H,16-17H2,(H,31,34)(H2,30,32,37)/t20-/m1/s1. The number of hydrogen-bond donors (Lipinski definition) is 3. The summed E-state index contributed by atoms with van der Waals surface area (Å²) in [7, 11) is 0. The van der Waals surface area contributed by atoms with Gasteiger partial charge >= 0.3 is 0 Å². The molecule has 4 aromatic rings. The zero-order chi connectivity index (χ0) is 25.8. The average Bonchev–Trinajstić information content (AvgIpc) is 3.17. The van der Waals surface area contributed by atoms with Crippen LogP contribution in [0.25, 0.3) is 10.8 Å². The average molecular weight is 510 g/mol. The minimum absolute atomic E-state index is 0.0991. The minimum Gasteiger partial charge on any atom is -0.356 e.